The molecule has 0 amide bonds. The van der Waals surface area contributed by atoms with Crippen molar-refractivity contribution in [3.05, 3.63) is 56.7 Å². The van der Waals surface area contributed by atoms with Crippen molar-refractivity contribution in [2.75, 3.05) is 6.26 Å². The van der Waals surface area contributed by atoms with Crippen LogP contribution in [-0.4, -0.2) is 19.8 Å². The molecule has 0 aliphatic carbocycles. The highest BCUT2D eigenvalue weighted by Crippen LogP contribution is 2.38. The summed E-state index contributed by atoms with van der Waals surface area (Å²) in [6.45, 7) is 1.61. The Bertz CT molecular complexity index is 1100. The number of benzene rings is 2. The number of hydrogen-bond donors (Lipinski definition) is 0. The van der Waals surface area contributed by atoms with E-state index in [-0.39, 0.29) is 5.56 Å². The molecule has 0 bridgehead atoms. The van der Waals surface area contributed by atoms with Crippen LogP contribution >= 0.6 is 31.9 Å². The summed E-state index contributed by atoms with van der Waals surface area (Å²) in [5.41, 5.74) is 1.58. The van der Waals surface area contributed by atoms with Crippen molar-refractivity contribution >= 4 is 41.7 Å². The first kappa shape index (κ1) is 19.2. The second-order valence-corrected chi connectivity index (χ2v) is 9.29. The van der Waals surface area contributed by atoms with Gasteiger partial charge in [-0.15, -0.1) is 0 Å². The Balaban J connectivity index is 2.23. The van der Waals surface area contributed by atoms with Gasteiger partial charge in [-0.25, -0.2) is 17.2 Å². The molecule has 1 heterocycles. The van der Waals surface area contributed by atoms with Gasteiger partial charge in [0, 0.05) is 20.8 Å². The summed E-state index contributed by atoms with van der Waals surface area (Å²) in [5, 5.41) is 3.99. The predicted molar refractivity (Wildman–Crippen MR) is 101 cm³/mol. The molecule has 0 aliphatic rings. The van der Waals surface area contributed by atoms with Gasteiger partial charge in [0.25, 0.3) is 0 Å². The van der Waals surface area contributed by atoms with E-state index in [1.54, 1.807) is 25.1 Å². The maximum absolute atomic E-state index is 14.3. The zero-order valence-corrected chi connectivity index (χ0v) is 17.5. The van der Waals surface area contributed by atoms with E-state index in [1.165, 1.54) is 0 Å². The third-order valence-corrected chi connectivity index (χ3v) is 6.72. The molecule has 0 saturated heterocycles. The van der Waals surface area contributed by atoms with Gasteiger partial charge in [-0.1, -0.05) is 11.2 Å². The van der Waals surface area contributed by atoms with Crippen LogP contribution in [0.2, 0.25) is 0 Å². The minimum atomic E-state index is -4.03. The molecule has 136 valence electrons. The van der Waals surface area contributed by atoms with Gasteiger partial charge < -0.3 is 4.52 Å². The maximum Gasteiger partial charge on any atom is 0.181 e. The molecule has 0 radical (unpaired) electrons. The largest absolute Gasteiger partial charge is 0.360 e. The fraction of sp³-hybridized carbons (Fsp3) is 0.118. The maximum atomic E-state index is 14.3. The number of aromatic nitrogens is 1. The normalized spacial score (nSPS) is 11.8. The van der Waals surface area contributed by atoms with Crippen LogP contribution < -0.4 is 0 Å². The molecule has 0 saturated carbocycles. The highest BCUT2D eigenvalue weighted by atomic mass is 79.9. The summed E-state index contributed by atoms with van der Waals surface area (Å²) < 4.78 is 58.6. The molecule has 0 unspecified atom stereocenters. The van der Waals surface area contributed by atoms with Crippen molar-refractivity contribution in [3.8, 4) is 22.4 Å². The number of sulfone groups is 1. The highest BCUT2D eigenvalue weighted by molar-refractivity contribution is 9.13. The fourth-order valence-corrected chi connectivity index (χ4v) is 4.06. The van der Waals surface area contributed by atoms with Crippen molar-refractivity contribution in [1.29, 1.82) is 0 Å². The monoisotopic (exact) mass is 505 g/mol. The Morgan fingerprint density at radius 1 is 1.00 bits per heavy atom. The highest BCUT2D eigenvalue weighted by Gasteiger charge is 2.24. The topological polar surface area (TPSA) is 60.2 Å². The molecule has 0 aliphatic heterocycles. The molecule has 9 heteroatoms. The van der Waals surface area contributed by atoms with Crippen molar-refractivity contribution in [3.63, 3.8) is 0 Å². The Morgan fingerprint density at radius 3 is 2.15 bits per heavy atom. The second-order valence-electron chi connectivity index (χ2n) is 5.63. The first-order valence-corrected chi connectivity index (χ1v) is 10.7. The average molecular weight is 507 g/mol. The number of rotatable bonds is 3. The zero-order chi connectivity index (χ0) is 19.2. The molecule has 4 nitrogen and oxygen atoms in total. The Morgan fingerprint density at radius 2 is 1.62 bits per heavy atom. The number of hydrogen-bond acceptors (Lipinski definition) is 4. The molecular weight excluding hydrogens is 496 g/mol. The van der Waals surface area contributed by atoms with Crippen LogP contribution in [0.15, 0.2) is 48.7 Å². The average Bonchev–Trinajstić information content (AvgIpc) is 2.89. The van der Waals surface area contributed by atoms with Crippen LogP contribution in [0.4, 0.5) is 8.78 Å². The van der Waals surface area contributed by atoms with E-state index >= 15 is 0 Å². The Labute approximate surface area is 165 Å². The number of halogens is 4. The summed E-state index contributed by atoms with van der Waals surface area (Å²) >= 11 is 6.76. The smallest absolute Gasteiger partial charge is 0.181 e. The zero-order valence-electron chi connectivity index (χ0n) is 13.5. The van der Waals surface area contributed by atoms with E-state index in [1.807, 2.05) is 0 Å². The van der Waals surface area contributed by atoms with Crippen LogP contribution in [0.5, 0.6) is 0 Å². The van der Waals surface area contributed by atoms with Crippen LogP contribution in [-0.2, 0) is 9.84 Å². The van der Waals surface area contributed by atoms with Crippen molar-refractivity contribution < 1.29 is 21.7 Å². The molecule has 2 aromatic carbocycles. The van der Waals surface area contributed by atoms with E-state index in [9.17, 15) is 17.2 Å². The third kappa shape index (κ3) is 3.47. The van der Waals surface area contributed by atoms with E-state index in [0.717, 1.165) is 27.3 Å². The number of aryl methyl sites for hydroxylation is 1. The third-order valence-electron chi connectivity index (χ3n) is 3.71. The Kier molecular flexibility index (Phi) is 5.06. The predicted octanol–water partition coefficient (Wildman–Crippen LogP) is 5.52. The molecule has 0 fully saturated rings. The van der Waals surface area contributed by atoms with Crippen LogP contribution in [0.1, 0.15) is 5.76 Å². The van der Waals surface area contributed by atoms with Gasteiger partial charge in [0.1, 0.15) is 28.0 Å². The van der Waals surface area contributed by atoms with Crippen LogP contribution in [0.25, 0.3) is 22.4 Å². The van der Waals surface area contributed by atoms with Crippen molar-refractivity contribution in [1.82, 2.24) is 5.16 Å². The lowest BCUT2D eigenvalue weighted by molar-refractivity contribution is 0.400. The van der Waals surface area contributed by atoms with Crippen molar-refractivity contribution in [2.45, 2.75) is 11.8 Å². The SMILES string of the molecule is Cc1onc(-c2ccc(Br)c(Br)c2)c1-c1cc(F)c(S(C)(=O)=O)c(F)c1. The van der Waals surface area contributed by atoms with Crippen LogP contribution in [0.3, 0.4) is 0 Å². The van der Waals surface area contributed by atoms with E-state index in [4.69, 9.17) is 4.52 Å². The lowest BCUT2D eigenvalue weighted by atomic mass is 9.99. The quantitative estimate of drug-likeness (QED) is 0.469. The van der Waals surface area contributed by atoms with Gasteiger partial charge >= 0.3 is 0 Å². The molecule has 0 spiro atoms. The van der Waals surface area contributed by atoms with Crippen LogP contribution in [0, 0.1) is 18.6 Å². The summed E-state index contributed by atoms with van der Waals surface area (Å²) in [5.74, 6) is -1.97. The molecule has 26 heavy (non-hydrogen) atoms. The van der Waals surface area contributed by atoms with E-state index in [0.29, 0.717) is 22.6 Å². The molecule has 3 aromatic rings. The minimum Gasteiger partial charge on any atom is -0.360 e. The van der Waals surface area contributed by atoms with Gasteiger partial charge in [-0.2, -0.15) is 0 Å². The van der Waals surface area contributed by atoms with E-state index in [2.05, 4.69) is 37.0 Å². The lowest BCUT2D eigenvalue weighted by Crippen LogP contribution is -2.05. The van der Waals surface area contributed by atoms with Gasteiger partial charge in [-0.3, -0.25) is 0 Å². The summed E-state index contributed by atoms with van der Waals surface area (Å²) in [6.07, 6.45) is 0.754. The number of nitrogens with zero attached hydrogens (tertiary/aromatic N) is 1. The molecular formula is C17H11Br2F2NO3S. The van der Waals surface area contributed by atoms with Gasteiger partial charge in [-0.05, 0) is 68.6 Å². The summed E-state index contributed by atoms with van der Waals surface area (Å²) in [4.78, 5) is -0.955. The standard InChI is InChI=1S/C17H11Br2F2NO3S/c1-8-15(10-6-13(20)17(14(21)7-10)26(2,23)24)16(22-25-8)9-3-4-11(18)12(19)5-9/h3-7H,1-2H3. The summed E-state index contributed by atoms with van der Waals surface area (Å²) in [6, 6.07) is 7.28. The first-order valence-electron chi connectivity index (χ1n) is 7.20. The lowest BCUT2D eigenvalue weighted by Gasteiger charge is -2.08. The minimum absolute atomic E-state index is 0.139. The molecule has 0 N–H and O–H groups in total. The Hall–Kier alpha value is -1.58. The van der Waals surface area contributed by atoms with Gasteiger partial charge in [0.2, 0.25) is 0 Å². The van der Waals surface area contributed by atoms with Gasteiger partial charge in [0.15, 0.2) is 9.84 Å². The van der Waals surface area contributed by atoms with Crippen molar-refractivity contribution in [2.24, 2.45) is 0 Å². The molecule has 0 atom stereocenters. The first-order chi connectivity index (χ1) is 12.1. The second kappa shape index (κ2) is 6.86. The molecule has 3 rings (SSSR count). The summed E-state index contributed by atoms with van der Waals surface area (Å²) in [7, 11) is -4.03. The van der Waals surface area contributed by atoms with E-state index < -0.39 is 26.4 Å². The fourth-order valence-electron chi connectivity index (χ4n) is 2.61. The van der Waals surface area contributed by atoms with Gasteiger partial charge in [0.05, 0.1) is 5.56 Å². The molecule has 1 aromatic heterocycles.